The highest BCUT2D eigenvalue weighted by molar-refractivity contribution is 7.25. The van der Waals surface area contributed by atoms with E-state index in [1.165, 1.54) is 76.6 Å². The maximum absolute atomic E-state index is 2.74. The van der Waals surface area contributed by atoms with Gasteiger partial charge in [-0.1, -0.05) is 197 Å². The average molecular weight is 823 g/mol. The van der Waals surface area contributed by atoms with Crippen molar-refractivity contribution >= 4 is 54.6 Å². The van der Waals surface area contributed by atoms with E-state index < -0.39 is 0 Å². The fraction of sp³-hybridized carbons (Fsp3) is 0.300. The van der Waals surface area contributed by atoms with Gasteiger partial charge in [0.05, 0.1) is 0 Å². The molecular formula is C60H59BS. The van der Waals surface area contributed by atoms with Gasteiger partial charge >= 0.3 is 0 Å². The van der Waals surface area contributed by atoms with E-state index in [2.05, 4.69) is 196 Å². The zero-order valence-electron chi connectivity index (χ0n) is 38.2. The van der Waals surface area contributed by atoms with Crippen LogP contribution in [-0.4, -0.2) is 6.71 Å². The minimum absolute atomic E-state index is 0.0250. The Morgan fingerprint density at radius 1 is 0.629 bits per heavy atom. The van der Waals surface area contributed by atoms with E-state index in [9.17, 15) is 0 Å². The Labute approximate surface area is 374 Å². The topological polar surface area (TPSA) is 0 Å². The summed E-state index contributed by atoms with van der Waals surface area (Å²) in [6.07, 6.45) is 4.30. The molecule has 0 amide bonds. The van der Waals surface area contributed by atoms with Crippen molar-refractivity contribution < 1.29 is 0 Å². The molecule has 0 fully saturated rings. The maximum Gasteiger partial charge on any atom is 0.242 e. The zero-order chi connectivity index (χ0) is 42.9. The van der Waals surface area contributed by atoms with E-state index in [1.54, 1.807) is 38.7 Å². The summed E-state index contributed by atoms with van der Waals surface area (Å²) < 4.78 is 2.77. The van der Waals surface area contributed by atoms with Gasteiger partial charge in [-0.05, 0) is 129 Å². The van der Waals surface area contributed by atoms with Crippen molar-refractivity contribution in [3.05, 3.63) is 195 Å². The van der Waals surface area contributed by atoms with Crippen molar-refractivity contribution in [3.63, 3.8) is 0 Å². The lowest BCUT2D eigenvalue weighted by Crippen LogP contribution is -2.59. The highest BCUT2D eigenvalue weighted by Crippen LogP contribution is 2.51. The molecule has 8 aromatic rings. The predicted molar refractivity (Wildman–Crippen MR) is 270 cm³/mol. The molecular weight excluding hydrogens is 764 g/mol. The lowest BCUT2D eigenvalue weighted by atomic mass is 9.31. The standard InChI is InChI=1S/C60H59BS/c1-36-28-41-31-47(45-19-15-21-55-56(45)46-18-13-14-20-54(46)62-55)44-27-25-42(58(3,4)5)32-52(44)61-53-34-51-50(59(6,7)35-60(51,8)9)33-48(53)43(49(29-36)57(41)61)26-24-38-22-23-40(30-37(38)2)39-16-11-10-12-17-39/h10-23,25,27-30,32-34,43,47H,24,26,31,35H2,1-9H3. The minimum Gasteiger partial charge on any atom is -0.135 e. The third-order valence-electron chi connectivity index (χ3n) is 15.4. The second kappa shape index (κ2) is 14.2. The molecule has 0 bridgehead atoms. The van der Waals surface area contributed by atoms with Gasteiger partial charge < -0.3 is 0 Å². The highest BCUT2D eigenvalue weighted by atomic mass is 32.1. The molecule has 7 aromatic carbocycles. The van der Waals surface area contributed by atoms with Crippen LogP contribution in [0.2, 0.25) is 0 Å². The van der Waals surface area contributed by atoms with Crippen molar-refractivity contribution in [2.24, 2.45) is 0 Å². The van der Waals surface area contributed by atoms with Gasteiger partial charge in [-0.2, -0.15) is 0 Å². The molecule has 2 atom stereocenters. The molecule has 62 heavy (non-hydrogen) atoms. The minimum atomic E-state index is 0.0250. The van der Waals surface area contributed by atoms with Crippen LogP contribution in [0.4, 0.5) is 0 Å². The SMILES string of the molecule is Cc1cc2c3c(c1)C(CCc1ccc(-c4ccccc4)cc1C)c1cc4c(cc1B3c1cc(C(C)(C)C)ccc1C(c1cccc3sc5ccccc5c13)C2)C(C)(C)CC4(C)C. The van der Waals surface area contributed by atoms with Crippen molar-refractivity contribution in [2.45, 2.75) is 116 Å². The summed E-state index contributed by atoms with van der Waals surface area (Å²) in [7, 11) is 0. The van der Waals surface area contributed by atoms with Crippen LogP contribution in [-0.2, 0) is 29.1 Å². The van der Waals surface area contributed by atoms with E-state index in [-0.39, 0.29) is 28.9 Å². The molecule has 0 nitrogen and oxygen atoms in total. The normalized spacial score (nSPS) is 18.3. The fourth-order valence-corrected chi connectivity index (χ4v) is 13.8. The largest absolute Gasteiger partial charge is 0.242 e. The maximum atomic E-state index is 2.74. The van der Waals surface area contributed by atoms with Crippen LogP contribution in [0.3, 0.4) is 0 Å². The first-order valence-electron chi connectivity index (χ1n) is 23.2. The number of aryl methyl sites for hydroxylation is 3. The molecule has 0 radical (unpaired) electrons. The summed E-state index contributed by atoms with van der Waals surface area (Å²) in [5.41, 5.74) is 24.0. The summed E-state index contributed by atoms with van der Waals surface area (Å²) in [6, 6.07) is 52.6. The molecule has 2 aliphatic heterocycles. The van der Waals surface area contributed by atoms with Crippen LogP contribution < -0.4 is 16.4 Å². The Bertz CT molecular complexity index is 3100. The van der Waals surface area contributed by atoms with Gasteiger partial charge in [0.15, 0.2) is 0 Å². The third-order valence-corrected chi connectivity index (χ3v) is 16.5. The van der Waals surface area contributed by atoms with Gasteiger partial charge in [-0.3, -0.25) is 0 Å². The Morgan fingerprint density at radius 2 is 1.35 bits per heavy atom. The molecule has 308 valence electrons. The van der Waals surface area contributed by atoms with Gasteiger partial charge in [-0.15, -0.1) is 11.3 Å². The molecule has 11 rings (SSSR count). The number of hydrogen-bond acceptors (Lipinski definition) is 1. The van der Waals surface area contributed by atoms with Crippen molar-refractivity contribution in [3.8, 4) is 11.1 Å². The highest BCUT2D eigenvalue weighted by Gasteiger charge is 2.47. The second-order valence-corrected chi connectivity index (χ2v) is 22.7. The summed E-state index contributed by atoms with van der Waals surface area (Å²) in [5, 5.41) is 2.84. The quantitative estimate of drug-likeness (QED) is 0.152. The Morgan fingerprint density at radius 3 is 2.13 bits per heavy atom. The van der Waals surface area contributed by atoms with Crippen molar-refractivity contribution in [1.29, 1.82) is 0 Å². The Balaban J connectivity index is 1.15. The first-order chi connectivity index (χ1) is 29.7. The van der Waals surface area contributed by atoms with Gasteiger partial charge in [0, 0.05) is 32.0 Å². The zero-order valence-corrected chi connectivity index (χ0v) is 39.0. The number of benzene rings is 7. The Hall–Kier alpha value is -5.18. The first-order valence-corrected chi connectivity index (χ1v) is 24.0. The van der Waals surface area contributed by atoms with Crippen molar-refractivity contribution in [1.82, 2.24) is 0 Å². The number of rotatable bonds is 5. The number of fused-ring (bicyclic) bond motifs is 8. The van der Waals surface area contributed by atoms with Crippen molar-refractivity contribution in [2.75, 3.05) is 0 Å². The fourth-order valence-electron chi connectivity index (χ4n) is 12.7. The predicted octanol–water partition coefficient (Wildman–Crippen LogP) is 13.9. The molecule has 0 saturated carbocycles. The van der Waals surface area contributed by atoms with E-state index in [4.69, 9.17) is 0 Å². The first kappa shape index (κ1) is 39.7. The number of hydrogen-bond donors (Lipinski definition) is 0. The van der Waals surface area contributed by atoms with Crippen LogP contribution >= 0.6 is 11.3 Å². The van der Waals surface area contributed by atoms with Crippen LogP contribution in [0.5, 0.6) is 0 Å². The van der Waals surface area contributed by atoms with E-state index in [0.717, 1.165) is 19.3 Å². The monoisotopic (exact) mass is 822 g/mol. The molecule has 1 aromatic heterocycles. The van der Waals surface area contributed by atoms with E-state index >= 15 is 0 Å². The van der Waals surface area contributed by atoms with Gasteiger partial charge in [0.2, 0.25) is 6.71 Å². The van der Waals surface area contributed by atoms with Gasteiger partial charge in [0.25, 0.3) is 0 Å². The lowest BCUT2D eigenvalue weighted by Gasteiger charge is -2.37. The molecule has 3 heterocycles. The van der Waals surface area contributed by atoms with Gasteiger partial charge in [0.1, 0.15) is 0 Å². The smallest absolute Gasteiger partial charge is 0.135 e. The van der Waals surface area contributed by atoms with E-state index in [1.807, 2.05) is 11.3 Å². The second-order valence-electron chi connectivity index (χ2n) is 21.6. The van der Waals surface area contributed by atoms with Crippen LogP contribution in [0, 0.1) is 13.8 Å². The molecule has 2 unspecified atom stereocenters. The van der Waals surface area contributed by atoms with Gasteiger partial charge in [-0.25, -0.2) is 0 Å². The summed E-state index contributed by atoms with van der Waals surface area (Å²) in [4.78, 5) is 0. The molecule has 0 N–H and O–H groups in total. The van der Waals surface area contributed by atoms with Crippen LogP contribution in [0.1, 0.15) is 134 Å². The summed E-state index contributed by atoms with van der Waals surface area (Å²) in [5.74, 6) is 0.540. The third kappa shape index (κ3) is 6.30. The summed E-state index contributed by atoms with van der Waals surface area (Å²) >= 11 is 1.94. The summed E-state index contributed by atoms with van der Waals surface area (Å²) in [6.45, 7) is 22.0. The van der Waals surface area contributed by atoms with E-state index in [0.29, 0.717) is 5.92 Å². The van der Waals surface area contributed by atoms with Crippen LogP contribution in [0.25, 0.3) is 31.3 Å². The van der Waals surface area contributed by atoms with Crippen LogP contribution in [0.15, 0.2) is 133 Å². The molecule has 2 heteroatoms. The number of thiophene rings is 1. The Kier molecular flexibility index (Phi) is 9.06. The average Bonchev–Trinajstić information content (AvgIpc) is 3.65. The lowest BCUT2D eigenvalue weighted by molar-refractivity contribution is 0.403. The molecule has 0 spiro atoms. The molecule has 0 saturated heterocycles. The molecule has 1 aliphatic carbocycles. The molecule has 3 aliphatic rings.